The number of aliphatic hydroxyl groups excluding tert-OH is 12. The van der Waals surface area contributed by atoms with E-state index < -0.39 is 157 Å². The van der Waals surface area contributed by atoms with E-state index >= 15 is 0 Å². The van der Waals surface area contributed by atoms with Crippen LogP contribution in [0, 0.1) is 56.7 Å². The number of aliphatic hydroxyl groups is 12. The van der Waals surface area contributed by atoms with Crippen LogP contribution in [0.15, 0.2) is 12.2 Å². The largest absolute Gasteiger partial charge is 0.432 e. The smallest absolute Gasteiger partial charge is 0.314 e. The van der Waals surface area contributed by atoms with E-state index in [1.165, 1.54) is 6.92 Å². The highest BCUT2D eigenvalue weighted by molar-refractivity contribution is 5.78. The van der Waals surface area contributed by atoms with Crippen LogP contribution in [0.25, 0.3) is 0 Å². The Morgan fingerprint density at radius 3 is 2.01 bits per heavy atom. The van der Waals surface area contributed by atoms with Gasteiger partial charge in [-0.3, -0.25) is 4.79 Å². The maximum atomic E-state index is 15.0. The molecular weight excluding hydrogens is 897 g/mol. The molecule has 0 radical (unpaired) electrons. The van der Waals surface area contributed by atoms with Gasteiger partial charge in [-0.2, -0.15) is 0 Å². The zero-order valence-corrected chi connectivity index (χ0v) is 39.6. The normalized spacial score (nSPS) is 55.8. The molecule has 0 aromatic heterocycles. The summed E-state index contributed by atoms with van der Waals surface area (Å²) < 4.78 is 34.5. The summed E-state index contributed by atoms with van der Waals surface area (Å²) in [5.74, 6) is -2.15. The number of aldehydes is 1. The molecule has 5 saturated carbocycles. The summed E-state index contributed by atoms with van der Waals surface area (Å²) in [6.45, 7) is 12.3. The molecule has 3 aliphatic heterocycles. The minimum atomic E-state index is -1.92. The number of carbonyl (C=O) groups is 2. The van der Waals surface area contributed by atoms with Crippen molar-refractivity contribution in [3.63, 3.8) is 0 Å². The topological polar surface area (TPSA) is 332 Å². The first-order valence-corrected chi connectivity index (χ1v) is 24.5. The molecule has 0 bridgehead atoms. The molecule has 20 nitrogen and oxygen atoms in total. The molecule has 12 N–H and O–H groups in total. The van der Waals surface area contributed by atoms with Crippen molar-refractivity contribution in [2.45, 2.75) is 197 Å². The van der Waals surface area contributed by atoms with E-state index in [9.17, 15) is 70.9 Å². The standard InChI is InChI=1S/C48H76O20/c1-20(16-49)22-7-12-48(14-13-46(5)23(29(22)48)15-24(52)39-44(3)10-9-28(53)45(4,19-51)27(44)8-11-47(39,46)6)43(62)68-42-36(60)33(57)31(55)26(66-42)18-63-40-37(61)34(58)38(25(17-50)65-40)67-41-35(59)32(56)30(54)21(2)64-41/h19,21-42,49-50,52-61H,1,7-18H2,2-6H3/t21-,22-,23+,24-,25+,26+,27+,28+,29+,30-,31+,32+,33-,34+,35+,36+,37+,38+,39+,40+,41-,42-,44-,45-,46+,47+,48-/m0/s1. The van der Waals surface area contributed by atoms with Gasteiger partial charge in [-0.25, -0.2) is 0 Å². The molecule has 27 atom stereocenters. The van der Waals surface area contributed by atoms with Crippen molar-refractivity contribution in [1.82, 2.24) is 0 Å². The first kappa shape index (κ1) is 52.5. The van der Waals surface area contributed by atoms with E-state index in [1.807, 2.05) is 6.92 Å². The van der Waals surface area contributed by atoms with Crippen LogP contribution in [0.5, 0.6) is 0 Å². The fourth-order valence-corrected chi connectivity index (χ4v) is 15.7. The van der Waals surface area contributed by atoms with Gasteiger partial charge in [-0.15, -0.1) is 0 Å². The Balaban J connectivity index is 0.988. The van der Waals surface area contributed by atoms with Gasteiger partial charge in [0.05, 0.1) is 49.0 Å². The lowest BCUT2D eigenvalue weighted by Crippen LogP contribution is -2.70. The molecular formula is C48H76O20. The first-order valence-electron chi connectivity index (χ1n) is 24.5. The first-order chi connectivity index (χ1) is 31.9. The average molecular weight is 973 g/mol. The molecule has 0 spiro atoms. The number of fused-ring (bicyclic) bond motifs is 7. The maximum absolute atomic E-state index is 15.0. The Bertz CT molecular complexity index is 1860. The zero-order valence-electron chi connectivity index (χ0n) is 39.6. The molecule has 8 aliphatic rings. The van der Waals surface area contributed by atoms with E-state index in [0.29, 0.717) is 63.4 Å². The average Bonchev–Trinajstić information content (AvgIpc) is 3.72. The van der Waals surface area contributed by atoms with E-state index in [2.05, 4.69) is 27.4 Å². The van der Waals surface area contributed by atoms with Crippen molar-refractivity contribution in [3.05, 3.63) is 12.2 Å². The van der Waals surface area contributed by atoms with Gasteiger partial charge in [0.2, 0.25) is 6.29 Å². The molecule has 5 aliphatic carbocycles. The van der Waals surface area contributed by atoms with Crippen molar-refractivity contribution < 1.29 is 99.3 Å². The Labute approximate surface area is 396 Å². The quantitative estimate of drug-likeness (QED) is 0.0614. The SMILES string of the molecule is C=C(CO)[C@@H]1CC[C@]2(C(=O)O[C@@H]3O[C@H](CO[C@@H]4O[C@H](CO)[C@@H](O[C@@H]5O[C@@H](C)[C@H](O)[C@@H](O)[C@H]5O)[C@H](O)[C@H]4O)[C@@H](O)[C@H](O)[C@H]3O)CC[C@]3(C)[C@H](C[C@H](O)[C@@H]4[C@@]5(C)CC[C@@H](O)[C@@](C)(C=O)[C@@H]5CC[C@]43C)[C@@H]12. The summed E-state index contributed by atoms with van der Waals surface area (Å²) >= 11 is 0. The summed E-state index contributed by atoms with van der Waals surface area (Å²) in [7, 11) is 0. The van der Waals surface area contributed by atoms with Crippen molar-refractivity contribution in [2.75, 3.05) is 19.8 Å². The van der Waals surface area contributed by atoms with Gasteiger partial charge < -0.3 is 94.5 Å². The van der Waals surface area contributed by atoms with Gasteiger partial charge in [-0.05, 0) is 116 Å². The summed E-state index contributed by atoms with van der Waals surface area (Å²) in [5.41, 5.74) is -2.97. The molecule has 8 rings (SSSR count). The number of esters is 1. The number of hydrogen-bond donors (Lipinski definition) is 12. The third-order valence-corrected chi connectivity index (χ3v) is 19.7. The monoisotopic (exact) mass is 972 g/mol. The van der Waals surface area contributed by atoms with Crippen molar-refractivity contribution >= 4 is 12.3 Å². The molecule has 0 amide bonds. The van der Waals surface area contributed by atoms with Crippen LogP contribution in [0.3, 0.4) is 0 Å². The van der Waals surface area contributed by atoms with Crippen molar-refractivity contribution in [3.8, 4) is 0 Å². The third-order valence-electron chi connectivity index (χ3n) is 19.7. The molecule has 0 aromatic carbocycles. The molecule has 3 heterocycles. The highest BCUT2D eigenvalue weighted by Crippen LogP contribution is 2.77. The molecule has 0 unspecified atom stereocenters. The Hall–Kier alpha value is -1.80. The minimum absolute atomic E-state index is 0.147. The fourth-order valence-electron chi connectivity index (χ4n) is 15.7. The van der Waals surface area contributed by atoms with E-state index in [-0.39, 0.29) is 30.3 Å². The van der Waals surface area contributed by atoms with Gasteiger partial charge in [0.15, 0.2) is 12.6 Å². The predicted octanol–water partition coefficient (Wildman–Crippen LogP) is -1.85. The van der Waals surface area contributed by atoms with Crippen LogP contribution in [0.4, 0.5) is 0 Å². The Morgan fingerprint density at radius 1 is 0.706 bits per heavy atom. The lowest BCUT2D eigenvalue weighted by molar-refractivity contribution is -0.361. The summed E-state index contributed by atoms with van der Waals surface area (Å²) in [6.07, 6.45) is -21.1. The second kappa shape index (κ2) is 18.9. The van der Waals surface area contributed by atoms with Gasteiger partial charge in [0.1, 0.15) is 73.4 Å². The summed E-state index contributed by atoms with van der Waals surface area (Å²) in [4.78, 5) is 27.7. The van der Waals surface area contributed by atoms with E-state index in [0.717, 1.165) is 6.29 Å². The van der Waals surface area contributed by atoms with Gasteiger partial charge in [0.25, 0.3) is 0 Å². The van der Waals surface area contributed by atoms with E-state index in [1.54, 1.807) is 0 Å². The molecule has 0 aromatic rings. The van der Waals surface area contributed by atoms with Crippen LogP contribution >= 0.6 is 0 Å². The minimum Gasteiger partial charge on any atom is -0.432 e. The summed E-state index contributed by atoms with van der Waals surface area (Å²) in [6, 6.07) is 0. The van der Waals surface area contributed by atoms with Gasteiger partial charge >= 0.3 is 5.97 Å². The molecule has 388 valence electrons. The van der Waals surface area contributed by atoms with Crippen LogP contribution in [-0.4, -0.2) is 198 Å². The van der Waals surface area contributed by atoms with E-state index in [4.69, 9.17) is 28.4 Å². The Morgan fingerprint density at radius 2 is 1.35 bits per heavy atom. The molecule has 8 fully saturated rings. The second-order valence-corrected chi connectivity index (χ2v) is 22.7. The zero-order chi connectivity index (χ0) is 49.8. The number of carbonyl (C=O) groups excluding carboxylic acids is 2. The van der Waals surface area contributed by atoms with Gasteiger partial charge in [-0.1, -0.05) is 34.3 Å². The molecule has 68 heavy (non-hydrogen) atoms. The fraction of sp³-hybridized carbons (Fsp3) is 0.917. The van der Waals surface area contributed by atoms with Crippen molar-refractivity contribution in [2.24, 2.45) is 56.7 Å². The molecule has 3 saturated heterocycles. The second-order valence-electron chi connectivity index (χ2n) is 22.7. The van der Waals surface area contributed by atoms with Gasteiger partial charge in [0, 0.05) is 0 Å². The molecule has 20 heteroatoms. The lowest BCUT2D eigenvalue weighted by atomic mass is 9.31. The summed E-state index contributed by atoms with van der Waals surface area (Å²) in [5, 5.41) is 131. The highest BCUT2D eigenvalue weighted by Gasteiger charge is 2.74. The number of rotatable bonds is 11. The van der Waals surface area contributed by atoms with Crippen LogP contribution in [0.1, 0.15) is 92.4 Å². The van der Waals surface area contributed by atoms with Crippen LogP contribution in [0.2, 0.25) is 0 Å². The highest BCUT2D eigenvalue weighted by atomic mass is 16.8. The van der Waals surface area contributed by atoms with Crippen LogP contribution < -0.4 is 0 Å². The third kappa shape index (κ3) is 7.90. The number of ether oxygens (including phenoxy) is 6. The Kier molecular flexibility index (Phi) is 14.6. The maximum Gasteiger partial charge on any atom is 0.314 e. The van der Waals surface area contributed by atoms with Crippen LogP contribution in [-0.2, 0) is 38.0 Å². The number of hydrogen-bond acceptors (Lipinski definition) is 20. The predicted molar refractivity (Wildman–Crippen MR) is 232 cm³/mol. The van der Waals surface area contributed by atoms with Crippen molar-refractivity contribution in [1.29, 1.82) is 0 Å². The lowest BCUT2D eigenvalue weighted by Gasteiger charge is -2.73.